The Hall–Kier alpha value is -1.09. The minimum atomic E-state index is -0.512. The number of hydrogen-bond donors (Lipinski definition) is 1. The second-order valence-electron chi connectivity index (χ2n) is 6.03. The summed E-state index contributed by atoms with van der Waals surface area (Å²) in [6.07, 6.45) is 1.91. The van der Waals surface area contributed by atoms with Crippen molar-refractivity contribution in [2.24, 2.45) is 23.7 Å². The molecule has 3 heteroatoms. The Labute approximate surface area is 108 Å². The third-order valence-electron chi connectivity index (χ3n) is 5.06. The molecule has 2 saturated carbocycles. The molecule has 18 heavy (non-hydrogen) atoms. The summed E-state index contributed by atoms with van der Waals surface area (Å²) in [6.45, 7) is 10.1. The van der Waals surface area contributed by atoms with E-state index < -0.39 is 6.10 Å². The third kappa shape index (κ3) is 1.50. The highest BCUT2D eigenvalue weighted by Crippen LogP contribution is 2.52. The van der Waals surface area contributed by atoms with Crippen LogP contribution in [0.3, 0.4) is 0 Å². The maximum atomic E-state index is 11.8. The normalized spacial score (nSPS) is 47.6. The van der Waals surface area contributed by atoms with Gasteiger partial charge in [0.2, 0.25) is 0 Å². The zero-order chi connectivity index (χ0) is 13.0. The summed E-state index contributed by atoms with van der Waals surface area (Å²) in [6, 6.07) is 0. The largest absolute Gasteiger partial charge is 0.461 e. The molecule has 1 aliphatic heterocycles. The van der Waals surface area contributed by atoms with Crippen LogP contribution in [-0.4, -0.2) is 23.3 Å². The van der Waals surface area contributed by atoms with Gasteiger partial charge < -0.3 is 9.84 Å². The number of esters is 1. The van der Waals surface area contributed by atoms with Crippen molar-refractivity contribution in [2.75, 3.05) is 0 Å². The molecule has 98 valence electrons. The second kappa shape index (κ2) is 3.95. The molecule has 2 aliphatic carbocycles. The van der Waals surface area contributed by atoms with Gasteiger partial charge in [-0.3, -0.25) is 4.79 Å². The molecule has 0 aromatic rings. The molecule has 1 saturated heterocycles. The quantitative estimate of drug-likeness (QED) is 0.527. The topological polar surface area (TPSA) is 46.5 Å². The molecule has 0 radical (unpaired) electrons. The van der Waals surface area contributed by atoms with E-state index in [-0.39, 0.29) is 29.8 Å². The monoisotopic (exact) mass is 248 g/mol. The van der Waals surface area contributed by atoms with E-state index in [0.717, 1.165) is 24.0 Å². The first kappa shape index (κ1) is 12.0. The van der Waals surface area contributed by atoms with Gasteiger partial charge in [0, 0.05) is 11.8 Å². The Morgan fingerprint density at radius 1 is 1.33 bits per heavy atom. The molecule has 3 rings (SSSR count). The molecule has 4 unspecified atom stereocenters. The van der Waals surface area contributed by atoms with Crippen LogP contribution in [0, 0.1) is 23.7 Å². The zero-order valence-corrected chi connectivity index (χ0v) is 10.8. The first-order chi connectivity index (χ1) is 8.50. The Morgan fingerprint density at radius 2 is 2.06 bits per heavy atom. The van der Waals surface area contributed by atoms with E-state index in [2.05, 4.69) is 13.2 Å². The molecule has 0 aromatic heterocycles. The zero-order valence-electron chi connectivity index (χ0n) is 10.8. The average Bonchev–Trinajstić information content (AvgIpc) is 2.77. The summed E-state index contributed by atoms with van der Waals surface area (Å²) < 4.78 is 5.56. The van der Waals surface area contributed by atoms with Crippen LogP contribution in [0.15, 0.2) is 24.3 Å². The van der Waals surface area contributed by atoms with Crippen molar-refractivity contribution < 1.29 is 14.6 Å². The Bertz CT molecular complexity index is 425. The summed E-state index contributed by atoms with van der Waals surface area (Å²) in [7, 11) is 0. The molecular formula is C15H20O3. The summed E-state index contributed by atoms with van der Waals surface area (Å²) in [5.41, 5.74) is 2.26. The molecule has 0 aromatic carbocycles. The summed E-state index contributed by atoms with van der Waals surface area (Å²) >= 11 is 0. The first-order valence-corrected chi connectivity index (χ1v) is 6.74. The van der Waals surface area contributed by atoms with E-state index in [9.17, 15) is 9.90 Å². The summed E-state index contributed by atoms with van der Waals surface area (Å²) in [5.74, 6) is 0.0212. The fourth-order valence-electron chi connectivity index (χ4n) is 4.07. The Kier molecular flexibility index (Phi) is 2.63. The van der Waals surface area contributed by atoms with Gasteiger partial charge in [0.1, 0.15) is 6.10 Å². The first-order valence-electron chi connectivity index (χ1n) is 6.74. The molecule has 3 nitrogen and oxygen atoms in total. The van der Waals surface area contributed by atoms with E-state index in [0.29, 0.717) is 12.3 Å². The highest BCUT2D eigenvalue weighted by molar-refractivity contribution is 5.75. The summed E-state index contributed by atoms with van der Waals surface area (Å²) in [4.78, 5) is 11.8. The van der Waals surface area contributed by atoms with Crippen LogP contribution in [0.25, 0.3) is 0 Å². The van der Waals surface area contributed by atoms with Crippen molar-refractivity contribution in [3.05, 3.63) is 24.3 Å². The molecular weight excluding hydrogens is 228 g/mol. The number of aliphatic hydroxyl groups excluding tert-OH is 1. The number of rotatable bonds is 0. The lowest BCUT2D eigenvalue weighted by Gasteiger charge is -2.27. The number of aliphatic hydroxyl groups is 1. The van der Waals surface area contributed by atoms with E-state index >= 15 is 0 Å². The van der Waals surface area contributed by atoms with Gasteiger partial charge in [0.25, 0.3) is 0 Å². The van der Waals surface area contributed by atoms with Gasteiger partial charge in [0.05, 0.1) is 12.0 Å². The maximum absolute atomic E-state index is 11.8. The molecule has 6 atom stereocenters. The molecule has 0 spiro atoms. The Morgan fingerprint density at radius 3 is 2.78 bits per heavy atom. The predicted molar refractivity (Wildman–Crippen MR) is 67.7 cm³/mol. The molecule has 0 bridgehead atoms. The molecule has 1 N–H and O–H groups in total. The van der Waals surface area contributed by atoms with Crippen LogP contribution in [0.1, 0.15) is 26.2 Å². The lowest BCUT2D eigenvalue weighted by molar-refractivity contribution is -0.145. The van der Waals surface area contributed by atoms with Gasteiger partial charge in [-0.05, 0) is 25.2 Å². The fraction of sp³-hybridized carbons (Fsp3) is 0.667. The fourth-order valence-corrected chi connectivity index (χ4v) is 4.07. The van der Waals surface area contributed by atoms with Crippen molar-refractivity contribution in [2.45, 2.75) is 38.4 Å². The van der Waals surface area contributed by atoms with Crippen LogP contribution >= 0.6 is 0 Å². The van der Waals surface area contributed by atoms with Crippen LogP contribution in [0.4, 0.5) is 0 Å². The Balaban J connectivity index is 2.02. The lowest BCUT2D eigenvalue weighted by atomic mass is 9.79. The predicted octanol–water partition coefficient (Wildman–Crippen LogP) is 2.07. The van der Waals surface area contributed by atoms with Gasteiger partial charge in [-0.1, -0.05) is 31.2 Å². The van der Waals surface area contributed by atoms with E-state index in [1.165, 1.54) is 0 Å². The number of hydrogen-bond acceptors (Lipinski definition) is 3. The minimum absolute atomic E-state index is 0.0981. The van der Waals surface area contributed by atoms with Crippen molar-refractivity contribution in [3.63, 3.8) is 0 Å². The van der Waals surface area contributed by atoms with Crippen molar-refractivity contribution in [1.82, 2.24) is 0 Å². The van der Waals surface area contributed by atoms with Crippen LogP contribution in [-0.2, 0) is 9.53 Å². The number of fused-ring (bicyclic) bond motifs is 3. The minimum Gasteiger partial charge on any atom is -0.461 e. The lowest BCUT2D eigenvalue weighted by Crippen LogP contribution is -2.35. The number of carbonyl (C=O) groups excluding carboxylic acids is 1. The number of ether oxygens (including phenoxy) is 1. The molecule has 1 heterocycles. The van der Waals surface area contributed by atoms with Crippen molar-refractivity contribution in [1.29, 1.82) is 0 Å². The second-order valence-corrected chi connectivity index (χ2v) is 6.03. The standard InChI is InChI=1S/C15H20O3/c1-7-4-5-10-8(2)6-11(16)13-9(3)15(17)18-14(13)12(7)10/h9-14,16H,1-2,4-6H2,3H3/t9-,10?,11-,12?,13?,14?/m1/s1. The molecule has 3 fully saturated rings. The maximum Gasteiger partial charge on any atom is 0.309 e. The van der Waals surface area contributed by atoms with Gasteiger partial charge >= 0.3 is 5.97 Å². The van der Waals surface area contributed by atoms with E-state index in [4.69, 9.17) is 4.74 Å². The van der Waals surface area contributed by atoms with Gasteiger partial charge in [-0.25, -0.2) is 0 Å². The third-order valence-corrected chi connectivity index (χ3v) is 5.06. The smallest absolute Gasteiger partial charge is 0.309 e. The van der Waals surface area contributed by atoms with E-state index in [1.54, 1.807) is 0 Å². The van der Waals surface area contributed by atoms with Crippen molar-refractivity contribution >= 4 is 5.97 Å². The average molecular weight is 248 g/mol. The van der Waals surface area contributed by atoms with Gasteiger partial charge in [-0.2, -0.15) is 0 Å². The van der Waals surface area contributed by atoms with Crippen molar-refractivity contribution in [3.8, 4) is 0 Å². The highest BCUT2D eigenvalue weighted by atomic mass is 16.6. The molecule has 3 aliphatic rings. The van der Waals surface area contributed by atoms with Crippen LogP contribution < -0.4 is 0 Å². The highest BCUT2D eigenvalue weighted by Gasteiger charge is 2.54. The molecule has 0 amide bonds. The van der Waals surface area contributed by atoms with Gasteiger partial charge in [-0.15, -0.1) is 0 Å². The SMILES string of the molecule is C=C1C[C@@H](O)C2C(OC(=O)[C@@H]2C)C2C(=C)CCC12. The van der Waals surface area contributed by atoms with Gasteiger partial charge in [0.15, 0.2) is 0 Å². The number of carbonyl (C=O) groups is 1. The summed E-state index contributed by atoms with van der Waals surface area (Å²) in [5, 5.41) is 10.3. The van der Waals surface area contributed by atoms with Crippen LogP contribution in [0.5, 0.6) is 0 Å². The van der Waals surface area contributed by atoms with Crippen LogP contribution in [0.2, 0.25) is 0 Å². The van der Waals surface area contributed by atoms with E-state index in [1.807, 2.05) is 6.92 Å².